The number of likely N-dealkylation sites (tertiary alicyclic amines) is 1. The third kappa shape index (κ3) is 3.33. The fraction of sp³-hybridized carbons (Fsp3) is 0.316. The van der Waals surface area contributed by atoms with Crippen molar-refractivity contribution in [2.24, 2.45) is 0 Å². The number of oxazole rings is 1. The number of carbonyl (C=O) groups excluding carboxylic acids is 2. The molecular formula is C19H18N2O5. The Morgan fingerprint density at radius 2 is 1.96 bits per heavy atom. The van der Waals surface area contributed by atoms with Crippen molar-refractivity contribution in [3.63, 3.8) is 0 Å². The van der Waals surface area contributed by atoms with Gasteiger partial charge in [0, 0.05) is 19.0 Å². The summed E-state index contributed by atoms with van der Waals surface area (Å²) >= 11 is 0. The number of rotatable bonds is 4. The van der Waals surface area contributed by atoms with Gasteiger partial charge in [0.15, 0.2) is 18.1 Å². The van der Waals surface area contributed by atoms with E-state index in [9.17, 15) is 9.59 Å². The van der Waals surface area contributed by atoms with Gasteiger partial charge in [0.1, 0.15) is 5.52 Å². The van der Waals surface area contributed by atoms with E-state index in [1.807, 2.05) is 24.3 Å². The smallest absolute Gasteiger partial charge is 0.374 e. The molecule has 1 aliphatic rings. The van der Waals surface area contributed by atoms with Gasteiger partial charge in [-0.25, -0.2) is 9.78 Å². The van der Waals surface area contributed by atoms with Crippen LogP contribution in [0.1, 0.15) is 35.2 Å². The quantitative estimate of drug-likeness (QED) is 0.670. The Balaban J connectivity index is 1.30. The predicted octanol–water partition coefficient (Wildman–Crippen LogP) is 2.98. The molecule has 0 N–H and O–H groups in total. The van der Waals surface area contributed by atoms with Crippen LogP contribution in [-0.4, -0.2) is 41.5 Å². The molecule has 3 heterocycles. The predicted molar refractivity (Wildman–Crippen MR) is 91.6 cm³/mol. The van der Waals surface area contributed by atoms with E-state index in [0.29, 0.717) is 13.1 Å². The average Bonchev–Trinajstić information content (AvgIpc) is 3.35. The number of ether oxygens (including phenoxy) is 1. The van der Waals surface area contributed by atoms with E-state index in [0.717, 1.165) is 29.8 Å². The molecule has 0 atom stereocenters. The summed E-state index contributed by atoms with van der Waals surface area (Å²) < 4.78 is 15.8. The number of piperidine rings is 1. The summed E-state index contributed by atoms with van der Waals surface area (Å²) in [5.41, 5.74) is 1.64. The summed E-state index contributed by atoms with van der Waals surface area (Å²) in [4.78, 5) is 30.2. The van der Waals surface area contributed by atoms with Crippen molar-refractivity contribution in [1.82, 2.24) is 9.88 Å². The fourth-order valence-electron chi connectivity index (χ4n) is 3.12. The summed E-state index contributed by atoms with van der Waals surface area (Å²) in [6, 6.07) is 10.8. The van der Waals surface area contributed by atoms with Crippen molar-refractivity contribution in [2.75, 3.05) is 19.7 Å². The molecule has 26 heavy (non-hydrogen) atoms. The molecule has 1 saturated heterocycles. The lowest BCUT2D eigenvalue weighted by Gasteiger charge is -2.30. The molecule has 1 aromatic carbocycles. The molecular weight excluding hydrogens is 336 g/mol. The zero-order valence-electron chi connectivity index (χ0n) is 14.1. The molecule has 0 saturated carbocycles. The molecule has 7 nitrogen and oxygen atoms in total. The first kappa shape index (κ1) is 16.4. The Hall–Kier alpha value is -3.09. The molecule has 0 aliphatic carbocycles. The van der Waals surface area contributed by atoms with Gasteiger partial charge >= 0.3 is 5.97 Å². The monoisotopic (exact) mass is 354 g/mol. The molecule has 1 amide bonds. The van der Waals surface area contributed by atoms with Crippen LogP contribution in [0.15, 0.2) is 51.5 Å². The highest BCUT2D eigenvalue weighted by Gasteiger charge is 2.27. The maximum absolute atomic E-state index is 12.2. The number of hydrogen-bond acceptors (Lipinski definition) is 6. The third-order valence-corrected chi connectivity index (χ3v) is 4.56. The van der Waals surface area contributed by atoms with E-state index >= 15 is 0 Å². The van der Waals surface area contributed by atoms with Crippen LogP contribution in [0.3, 0.4) is 0 Å². The van der Waals surface area contributed by atoms with E-state index < -0.39 is 5.97 Å². The first-order chi connectivity index (χ1) is 12.7. The molecule has 4 rings (SSSR count). The van der Waals surface area contributed by atoms with E-state index in [-0.39, 0.29) is 24.2 Å². The number of amides is 1. The van der Waals surface area contributed by atoms with Gasteiger partial charge in [-0.2, -0.15) is 0 Å². The van der Waals surface area contributed by atoms with Crippen molar-refractivity contribution in [3.05, 3.63) is 54.3 Å². The summed E-state index contributed by atoms with van der Waals surface area (Å²) in [6.07, 6.45) is 2.92. The van der Waals surface area contributed by atoms with Crippen molar-refractivity contribution >= 4 is 23.0 Å². The van der Waals surface area contributed by atoms with Crippen LogP contribution in [0.5, 0.6) is 0 Å². The molecule has 134 valence electrons. The molecule has 0 bridgehead atoms. The highest BCUT2D eigenvalue weighted by molar-refractivity contribution is 5.88. The van der Waals surface area contributed by atoms with Gasteiger partial charge in [0.25, 0.3) is 5.91 Å². The van der Waals surface area contributed by atoms with E-state index in [1.54, 1.807) is 11.0 Å². The van der Waals surface area contributed by atoms with Crippen LogP contribution < -0.4 is 0 Å². The summed E-state index contributed by atoms with van der Waals surface area (Å²) in [5.74, 6) is 0.165. The average molecular weight is 354 g/mol. The topological polar surface area (TPSA) is 85.8 Å². The van der Waals surface area contributed by atoms with Gasteiger partial charge in [-0.1, -0.05) is 12.1 Å². The van der Waals surface area contributed by atoms with Crippen LogP contribution in [-0.2, 0) is 9.53 Å². The Kier molecular flexibility index (Phi) is 4.43. The molecule has 0 radical (unpaired) electrons. The minimum Gasteiger partial charge on any atom is -0.457 e. The van der Waals surface area contributed by atoms with Crippen molar-refractivity contribution in [3.8, 4) is 0 Å². The van der Waals surface area contributed by atoms with Gasteiger partial charge in [-0.3, -0.25) is 4.79 Å². The second-order valence-corrected chi connectivity index (χ2v) is 6.23. The highest BCUT2D eigenvalue weighted by atomic mass is 16.5. The summed E-state index contributed by atoms with van der Waals surface area (Å²) in [6.45, 7) is 0.883. The minimum atomic E-state index is -0.635. The number of furan rings is 1. The van der Waals surface area contributed by atoms with Crippen LogP contribution >= 0.6 is 0 Å². The lowest BCUT2D eigenvalue weighted by atomic mass is 9.97. The summed E-state index contributed by atoms with van der Waals surface area (Å²) in [5, 5.41) is 0. The zero-order valence-corrected chi connectivity index (χ0v) is 14.1. The third-order valence-electron chi connectivity index (χ3n) is 4.56. The Labute approximate surface area is 149 Å². The maximum Gasteiger partial charge on any atom is 0.374 e. The molecule has 0 unspecified atom stereocenters. The standard InChI is InChI=1S/C19H18N2O5/c22-17(12-25-19(23)16-6-3-11-24-16)21-9-7-13(8-10-21)18-20-14-4-1-2-5-15(14)26-18/h1-6,11,13H,7-10,12H2. The van der Waals surface area contributed by atoms with Gasteiger partial charge in [-0.15, -0.1) is 0 Å². The van der Waals surface area contributed by atoms with E-state index in [2.05, 4.69) is 4.98 Å². The van der Waals surface area contributed by atoms with Crippen LogP contribution in [0.2, 0.25) is 0 Å². The molecule has 1 aliphatic heterocycles. The highest BCUT2D eigenvalue weighted by Crippen LogP contribution is 2.29. The number of fused-ring (bicyclic) bond motifs is 1. The maximum atomic E-state index is 12.2. The first-order valence-corrected chi connectivity index (χ1v) is 8.54. The van der Waals surface area contributed by atoms with Crippen molar-refractivity contribution in [1.29, 1.82) is 0 Å². The van der Waals surface area contributed by atoms with E-state index in [1.165, 1.54) is 12.3 Å². The van der Waals surface area contributed by atoms with Gasteiger partial charge in [-0.05, 0) is 37.1 Å². The Morgan fingerprint density at radius 3 is 2.69 bits per heavy atom. The summed E-state index contributed by atoms with van der Waals surface area (Å²) in [7, 11) is 0. The Morgan fingerprint density at radius 1 is 1.15 bits per heavy atom. The lowest BCUT2D eigenvalue weighted by molar-refractivity contribution is -0.135. The molecule has 7 heteroatoms. The van der Waals surface area contributed by atoms with Crippen molar-refractivity contribution < 1.29 is 23.2 Å². The number of nitrogens with zero attached hydrogens (tertiary/aromatic N) is 2. The zero-order chi connectivity index (χ0) is 17.9. The first-order valence-electron chi connectivity index (χ1n) is 8.54. The van der Waals surface area contributed by atoms with Gasteiger partial charge in [0.2, 0.25) is 5.76 Å². The van der Waals surface area contributed by atoms with E-state index in [4.69, 9.17) is 13.6 Å². The number of aromatic nitrogens is 1. The second kappa shape index (κ2) is 7.03. The van der Waals surface area contributed by atoms with Gasteiger partial charge < -0.3 is 18.5 Å². The number of carbonyl (C=O) groups is 2. The van der Waals surface area contributed by atoms with Crippen LogP contribution in [0.25, 0.3) is 11.1 Å². The number of para-hydroxylation sites is 2. The van der Waals surface area contributed by atoms with Crippen LogP contribution in [0, 0.1) is 0 Å². The molecule has 3 aromatic rings. The number of hydrogen-bond donors (Lipinski definition) is 0. The second-order valence-electron chi connectivity index (χ2n) is 6.23. The Bertz CT molecular complexity index is 874. The lowest BCUT2D eigenvalue weighted by Crippen LogP contribution is -2.40. The minimum absolute atomic E-state index is 0.0902. The molecule has 2 aromatic heterocycles. The van der Waals surface area contributed by atoms with Crippen molar-refractivity contribution in [2.45, 2.75) is 18.8 Å². The fourth-order valence-corrected chi connectivity index (χ4v) is 3.12. The molecule has 0 spiro atoms. The number of benzene rings is 1. The SMILES string of the molecule is O=C(OCC(=O)N1CCC(c2nc3ccccc3o2)CC1)c1ccco1. The number of esters is 1. The van der Waals surface area contributed by atoms with Crippen LogP contribution in [0.4, 0.5) is 0 Å². The largest absolute Gasteiger partial charge is 0.457 e. The molecule has 1 fully saturated rings. The normalized spacial score (nSPS) is 15.3. The van der Waals surface area contributed by atoms with Gasteiger partial charge in [0.05, 0.1) is 6.26 Å².